The van der Waals surface area contributed by atoms with E-state index in [1.54, 1.807) is 0 Å². The van der Waals surface area contributed by atoms with Crippen molar-refractivity contribution < 1.29 is 9.53 Å². The summed E-state index contributed by atoms with van der Waals surface area (Å²) in [6.45, 7) is 4.41. The maximum absolute atomic E-state index is 12.3. The second-order valence-corrected chi connectivity index (χ2v) is 6.13. The fraction of sp³-hybridized carbons (Fsp3) is 0.933. The van der Waals surface area contributed by atoms with Crippen molar-refractivity contribution in [3.8, 4) is 0 Å². The lowest BCUT2D eigenvalue weighted by Gasteiger charge is -2.37. The Morgan fingerprint density at radius 2 is 2.00 bits per heavy atom. The van der Waals surface area contributed by atoms with E-state index in [0.29, 0.717) is 12.6 Å². The van der Waals surface area contributed by atoms with Gasteiger partial charge in [0.2, 0.25) is 5.91 Å². The first-order valence-electron chi connectivity index (χ1n) is 7.76. The van der Waals surface area contributed by atoms with E-state index in [1.165, 1.54) is 12.8 Å². The van der Waals surface area contributed by atoms with Gasteiger partial charge < -0.3 is 15.0 Å². The molecule has 1 amide bonds. The third-order valence-electron chi connectivity index (χ3n) is 4.50. The summed E-state index contributed by atoms with van der Waals surface area (Å²) >= 11 is 0. The van der Waals surface area contributed by atoms with E-state index in [-0.39, 0.29) is 12.0 Å². The molecule has 19 heavy (non-hydrogen) atoms. The van der Waals surface area contributed by atoms with Crippen LogP contribution in [-0.4, -0.2) is 49.7 Å². The van der Waals surface area contributed by atoms with Crippen LogP contribution in [0, 0.1) is 5.92 Å². The minimum Gasteiger partial charge on any atom is -0.376 e. The van der Waals surface area contributed by atoms with Crippen molar-refractivity contribution in [3.63, 3.8) is 0 Å². The summed E-state index contributed by atoms with van der Waals surface area (Å²) < 4.78 is 5.71. The van der Waals surface area contributed by atoms with Crippen LogP contribution < -0.4 is 5.32 Å². The average molecular weight is 268 g/mol. The lowest BCUT2D eigenvalue weighted by molar-refractivity contribution is -0.135. The highest BCUT2D eigenvalue weighted by atomic mass is 16.5. The number of hydrogen-bond donors (Lipinski definition) is 1. The number of nitrogens with zero attached hydrogens (tertiary/aromatic N) is 1. The quantitative estimate of drug-likeness (QED) is 0.826. The van der Waals surface area contributed by atoms with E-state index in [2.05, 4.69) is 17.1 Å². The van der Waals surface area contributed by atoms with Crippen LogP contribution >= 0.6 is 0 Å². The molecular formula is C15H28N2O2. The molecular weight excluding hydrogens is 240 g/mol. The molecule has 1 N–H and O–H groups in total. The Bertz CT molecular complexity index is 282. The Kier molecular flexibility index (Phi) is 5.64. The summed E-state index contributed by atoms with van der Waals surface area (Å²) in [6.07, 6.45) is 7.32. The number of carbonyl (C=O) groups excluding carboxylic acids is 1. The van der Waals surface area contributed by atoms with Gasteiger partial charge >= 0.3 is 0 Å². The van der Waals surface area contributed by atoms with Gasteiger partial charge in [-0.3, -0.25) is 4.79 Å². The van der Waals surface area contributed by atoms with Crippen LogP contribution in [0.25, 0.3) is 0 Å². The molecule has 0 spiro atoms. The Hall–Kier alpha value is -0.610. The fourth-order valence-electron chi connectivity index (χ4n) is 3.27. The Morgan fingerprint density at radius 3 is 2.58 bits per heavy atom. The topological polar surface area (TPSA) is 41.6 Å². The van der Waals surface area contributed by atoms with Crippen LogP contribution in [0.5, 0.6) is 0 Å². The molecule has 1 atom stereocenters. The van der Waals surface area contributed by atoms with Gasteiger partial charge in [0.05, 0.1) is 12.6 Å². The first-order valence-corrected chi connectivity index (χ1v) is 7.76. The first kappa shape index (κ1) is 14.8. The largest absolute Gasteiger partial charge is 0.376 e. The normalized spacial score (nSPS) is 31.4. The highest BCUT2D eigenvalue weighted by Gasteiger charge is 2.30. The van der Waals surface area contributed by atoms with E-state index in [1.807, 2.05) is 7.05 Å². The van der Waals surface area contributed by atoms with Crippen molar-refractivity contribution in [2.45, 2.75) is 57.6 Å². The van der Waals surface area contributed by atoms with Gasteiger partial charge in [-0.2, -0.15) is 0 Å². The highest BCUT2D eigenvalue weighted by Crippen LogP contribution is 2.28. The van der Waals surface area contributed by atoms with Gasteiger partial charge in [-0.15, -0.1) is 0 Å². The van der Waals surface area contributed by atoms with Crippen molar-refractivity contribution in [3.05, 3.63) is 0 Å². The molecule has 0 radical (unpaired) electrons. The maximum atomic E-state index is 12.3. The summed E-state index contributed by atoms with van der Waals surface area (Å²) in [7, 11) is 1.84. The summed E-state index contributed by atoms with van der Waals surface area (Å²) in [5.74, 6) is 1.05. The standard InChI is InChI=1S/C15H28N2O2/c1-12-5-7-13(8-6-12)17(15(18)10-16-2)11-14-4-3-9-19-14/h12-14,16H,3-11H2,1-2H3. The van der Waals surface area contributed by atoms with E-state index in [0.717, 1.165) is 44.8 Å². The van der Waals surface area contributed by atoms with E-state index < -0.39 is 0 Å². The monoisotopic (exact) mass is 268 g/mol. The van der Waals surface area contributed by atoms with Crippen molar-refractivity contribution in [2.24, 2.45) is 5.92 Å². The van der Waals surface area contributed by atoms with Crippen LogP contribution in [0.4, 0.5) is 0 Å². The molecule has 0 aromatic carbocycles. The van der Waals surface area contributed by atoms with Crippen LogP contribution in [-0.2, 0) is 9.53 Å². The summed E-state index contributed by atoms with van der Waals surface area (Å²) in [4.78, 5) is 14.4. The van der Waals surface area contributed by atoms with Gasteiger partial charge in [0.25, 0.3) is 0 Å². The zero-order chi connectivity index (χ0) is 13.7. The number of hydrogen-bond acceptors (Lipinski definition) is 3. The molecule has 2 aliphatic rings. The molecule has 4 nitrogen and oxygen atoms in total. The Balaban J connectivity index is 1.94. The molecule has 2 rings (SSSR count). The molecule has 0 bridgehead atoms. The van der Waals surface area contributed by atoms with E-state index >= 15 is 0 Å². The molecule has 1 saturated heterocycles. The first-order chi connectivity index (χ1) is 9.20. The summed E-state index contributed by atoms with van der Waals surface area (Å²) in [5, 5.41) is 2.99. The third kappa shape index (κ3) is 4.18. The van der Waals surface area contributed by atoms with Crippen LogP contribution in [0.15, 0.2) is 0 Å². The van der Waals surface area contributed by atoms with Crippen molar-refractivity contribution in [1.82, 2.24) is 10.2 Å². The molecule has 2 fully saturated rings. The maximum Gasteiger partial charge on any atom is 0.236 e. The number of carbonyl (C=O) groups is 1. The highest BCUT2D eigenvalue weighted by molar-refractivity contribution is 5.78. The van der Waals surface area contributed by atoms with Gasteiger partial charge in [-0.1, -0.05) is 6.92 Å². The molecule has 0 aromatic rings. The average Bonchev–Trinajstić information content (AvgIpc) is 2.90. The number of amides is 1. The number of nitrogens with one attached hydrogen (secondary N) is 1. The lowest BCUT2D eigenvalue weighted by Crippen LogP contribution is -2.48. The molecule has 0 aromatic heterocycles. The van der Waals surface area contributed by atoms with Gasteiger partial charge in [0.15, 0.2) is 0 Å². The lowest BCUT2D eigenvalue weighted by atomic mass is 9.86. The third-order valence-corrected chi connectivity index (χ3v) is 4.50. The van der Waals surface area contributed by atoms with Crippen LogP contribution in [0.1, 0.15) is 45.4 Å². The molecule has 1 aliphatic heterocycles. The van der Waals surface area contributed by atoms with Crippen molar-refractivity contribution in [2.75, 3.05) is 26.7 Å². The fourth-order valence-corrected chi connectivity index (χ4v) is 3.27. The Morgan fingerprint density at radius 1 is 1.26 bits per heavy atom. The Labute approximate surface area is 116 Å². The molecule has 1 saturated carbocycles. The number of likely N-dealkylation sites (N-methyl/N-ethyl adjacent to an activating group) is 1. The molecule has 110 valence electrons. The van der Waals surface area contributed by atoms with Gasteiger partial charge in [0.1, 0.15) is 0 Å². The van der Waals surface area contributed by atoms with E-state index in [9.17, 15) is 4.79 Å². The summed E-state index contributed by atoms with van der Waals surface area (Å²) in [5.41, 5.74) is 0. The molecule has 1 heterocycles. The van der Waals surface area contributed by atoms with Gasteiger partial charge in [-0.25, -0.2) is 0 Å². The predicted molar refractivity (Wildman–Crippen MR) is 76.0 cm³/mol. The summed E-state index contributed by atoms with van der Waals surface area (Å²) in [6, 6.07) is 0.432. The zero-order valence-electron chi connectivity index (χ0n) is 12.4. The van der Waals surface area contributed by atoms with Gasteiger partial charge in [0, 0.05) is 19.2 Å². The molecule has 1 aliphatic carbocycles. The number of rotatable bonds is 5. The molecule has 4 heteroatoms. The smallest absolute Gasteiger partial charge is 0.236 e. The zero-order valence-corrected chi connectivity index (χ0v) is 12.4. The van der Waals surface area contributed by atoms with Crippen molar-refractivity contribution in [1.29, 1.82) is 0 Å². The second-order valence-electron chi connectivity index (χ2n) is 6.13. The number of ether oxygens (including phenoxy) is 1. The van der Waals surface area contributed by atoms with Crippen molar-refractivity contribution >= 4 is 5.91 Å². The van der Waals surface area contributed by atoms with Gasteiger partial charge in [-0.05, 0) is 51.5 Å². The van der Waals surface area contributed by atoms with Crippen LogP contribution in [0.3, 0.4) is 0 Å². The van der Waals surface area contributed by atoms with E-state index in [4.69, 9.17) is 4.74 Å². The minimum atomic E-state index is 0.234. The molecule has 1 unspecified atom stereocenters. The SMILES string of the molecule is CNCC(=O)N(CC1CCCO1)C1CCC(C)CC1. The van der Waals surface area contributed by atoms with Crippen LogP contribution in [0.2, 0.25) is 0 Å². The predicted octanol–water partition coefficient (Wildman–Crippen LogP) is 1.79. The minimum absolute atomic E-state index is 0.234. The second kappa shape index (κ2) is 7.25.